The Bertz CT molecular complexity index is 837. The number of aromatic nitrogens is 2. The molecule has 2 heterocycles. The molecule has 0 atom stereocenters. The van der Waals surface area contributed by atoms with Gasteiger partial charge in [-0.2, -0.15) is 5.10 Å². The van der Waals surface area contributed by atoms with Crippen LogP contribution in [0.1, 0.15) is 48.6 Å². The molecule has 8 nitrogen and oxygen atoms in total. The van der Waals surface area contributed by atoms with Gasteiger partial charge in [-0.25, -0.2) is 9.59 Å². The number of hydrogen-bond donors (Lipinski definition) is 1. The first-order valence-corrected chi connectivity index (χ1v) is 8.32. The molecule has 2 aromatic rings. The molecule has 0 radical (unpaired) electrons. The molecule has 0 aliphatic carbocycles. The second-order valence-electron chi connectivity index (χ2n) is 5.23. The lowest BCUT2D eigenvalue weighted by Gasteiger charge is -2.05. The Morgan fingerprint density at radius 3 is 2.48 bits per heavy atom. The minimum atomic E-state index is -0.637. The summed E-state index contributed by atoms with van der Waals surface area (Å²) in [6.07, 6.45) is 1.58. The third-order valence-corrected chi connectivity index (χ3v) is 4.67. The summed E-state index contributed by atoms with van der Waals surface area (Å²) in [6, 6.07) is 0. The van der Waals surface area contributed by atoms with Crippen molar-refractivity contribution in [3.8, 4) is 0 Å². The molecule has 25 heavy (non-hydrogen) atoms. The molecule has 1 N–H and O–H groups in total. The normalized spacial score (nSPS) is 10.4. The summed E-state index contributed by atoms with van der Waals surface area (Å²) in [5.74, 6) is -1.61. The number of methoxy groups -OCH3 is 1. The third kappa shape index (κ3) is 3.71. The zero-order chi connectivity index (χ0) is 18.7. The minimum absolute atomic E-state index is 0.144. The minimum Gasteiger partial charge on any atom is -0.465 e. The fraction of sp³-hybridized carbons (Fsp3) is 0.375. The first kappa shape index (κ1) is 18.7. The van der Waals surface area contributed by atoms with Crippen molar-refractivity contribution in [1.82, 2.24) is 9.78 Å². The molecular formula is C16H19N3O5S. The number of carbonyl (C=O) groups excluding carboxylic acids is 3. The lowest BCUT2D eigenvalue weighted by molar-refractivity contribution is 0.0531. The Balaban J connectivity index is 2.43. The molecule has 2 aromatic heterocycles. The predicted octanol–water partition coefficient (Wildman–Crippen LogP) is 2.31. The molecule has 9 heteroatoms. The number of aryl methyl sites for hydroxylation is 2. The predicted molar refractivity (Wildman–Crippen MR) is 92.3 cm³/mol. The van der Waals surface area contributed by atoms with E-state index in [2.05, 4.69) is 10.4 Å². The van der Waals surface area contributed by atoms with Crippen LogP contribution in [0, 0.1) is 13.8 Å². The second kappa shape index (κ2) is 7.47. The molecule has 0 aliphatic heterocycles. The maximum Gasteiger partial charge on any atom is 0.348 e. The van der Waals surface area contributed by atoms with Gasteiger partial charge in [0.05, 0.1) is 30.5 Å². The summed E-state index contributed by atoms with van der Waals surface area (Å²) in [4.78, 5) is 36.9. The molecule has 0 spiro atoms. The zero-order valence-corrected chi connectivity index (χ0v) is 15.4. The van der Waals surface area contributed by atoms with Gasteiger partial charge in [0.2, 0.25) is 0 Å². The van der Waals surface area contributed by atoms with E-state index in [4.69, 9.17) is 9.47 Å². The number of nitrogens with one attached hydrogen (secondary N) is 1. The van der Waals surface area contributed by atoms with E-state index in [1.165, 1.54) is 11.8 Å². The number of carbonyl (C=O) groups is 3. The number of esters is 2. The van der Waals surface area contributed by atoms with Crippen molar-refractivity contribution < 1.29 is 23.9 Å². The molecular weight excluding hydrogens is 346 g/mol. The first-order chi connectivity index (χ1) is 11.8. The Hall–Kier alpha value is -2.68. The van der Waals surface area contributed by atoms with Crippen LogP contribution in [0.5, 0.6) is 0 Å². The van der Waals surface area contributed by atoms with Crippen molar-refractivity contribution in [2.75, 3.05) is 19.0 Å². The van der Waals surface area contributed by atoms with Crippen LogP contribution in [-0.4, -0.2) is 41.3 Å². The smallest absolute Gasteiger partial charge is 0.348 e. The van der Waals surface area contributed by atoms with Crippen LogP contribution in [0.3, 0.4) is 0 Å². The largest absolute Gasteiger partial charge is 0.465 e. The number of nitrogens with zero attached hydrogens (tertiary/aromatic N) is 2. The quantitative estimate of drug-likeness (QED) is 0.816. The molecule has 0 bridgehead atoms. The number of anilines is 1. The molecule has 2 rings (SSSR count). The standard InChI is InChI=1S/C16H19N3O5S/c1-6-24-16(22)12-8(2)11(15(21)23-5)14(25-12)17-13(20)10-7-19(4)18-9(10)3/h7H,6H2,1-5H3,(H,17,20). The summed E-state index contributed by atoms with van der Waals surface area (Å²) >= 11 is 0.979. The maximum absolute atomic E-state index is 12.5. The highest BCUT2D eigenvalue weighted by molar-refractivity contribution is 7.18. The molecule has 1 amide bonds. The van der Waals surface area contributed by atoms with Crippen molar-refractivity contribution in [1.29, 1.82) is 0 Å². The van der Waals surface area contributed by atoms with Gasteiger partial charge in [0, 0.05) is 13.2 Å². The topological polar surface area (TPSA) is 99.5 Å². The van der Waals surface area contributed by atoms with Gasteiger partial charge in [-0.05, 0) is 26.3 Å². The maximum atomic E-state index is 12.5. The fourth-order valence-corrected chi connectivity index (χ4v) is 3.42. The van der Waals surface area contributed by atoms with E-state index >= 15 is 0 Å². The van der Waals surface area contributed by atoms with Crippen LogP contribution >= 0.6 is 11.3 Å². The Labute approximate surface area is 148 Å². The summed E-state index contributed by atoms with van der Waals surface area (Å²) in [6.45, 7) is 5.22. The highest BCUT2D eigenvalue weighted by atomic mass is 32.1. The molecule has 0 saturated carbocycles. The lowest BCUT2D eigenvalue weighted by Crippen LogP contribution is -2.14. The van der Waals surface area contributed by atoms with E-state index in [0.717, 1.165) is 11.3 Å². The van der Waals surface area contributed by atoms with E-state index < -0.39 is 17.8 Å². The van der Waals surface area contributed by atoms with Crippen molar-refractivity contribution in [3.05, 3.63) is 33.5 Å². The average Bonchev–Trinajstić information content (AvgIpc) is 3.06. The summed E-state index contributed by atoms with van der Waals surface area (Å²) < 4.78 is 11.3. The van der Waals surface area contributed by atoms with Crippen LogP contribution in [0.15, 0.2) is 6.20 Å². The van der Waals surface area contributed by atoms with Crippen molar-refractivity contribution in [2.45, 2.75) is 20.8 Å². The van der Waals surface area contributed by atoms with Crippen LogP contribution in [0.2, 0.25) is 0 Å². The van der Waals surface area contributed by atoms with Gasteiger partial charge in [-0.1, -0.05) is 0 Å². The van der Waals surface area contributed by atoms with E-state index in [-0.39, 0.29) is 22.0 Å². The van der Waals surface area contributed by atoms with Crippen molar-refractivity contribution >= 4 is 34.2 Å². The van der Waals surface area contributed by atoms with E-state index in [1.54, 1.807) is 34.0 Å². The van der Waals surface area contributed by atoms with Gasteiger partial charge in [-0.3, -0.25) is 9.48 Å². The van der Waals surface area contributed by atoms with Crippen molar-refractivity contribution in [2.24, 2.45) is 7.05 Å². The van der Waals surface area contributed by atoms with E-state index in [0.29, 0.717) is 16.8 Å². The highest BCUT2D eigenvalue weighted by Gasteiger charge is 2.27. The summed E-state index contributed by atoms with van der Waals surface area (Å²) in [5.41, 5.74) is 1.49. The van der Waals surface area contributed by atoms with Crippen LogP contribution < -0.4 is 5.32 Å². The van der Waals surface area contributed by atoms with Crippen LogP contribution in [0.4, 0.5) is 5.00 Å². The third-order valence-electron chi connectivity index (χ3n) is 3.48. The number of rotatable bonds is 5. The average molecular weight is 365 g/mol. The number of ether oxygens (including phenoxy) is 2. The molecule has 0 unspecified atom stereocenters. The Kier molecular flexibility index (Phi) is 5.58. The fourth-order valence-electron chi connectivity index (χ4n) is 2.33. The summed E-state index contributed by atoms with van der Waals surface area (Å²) in [5, 5.41) is 7.03. The number of amides is 1. The van der Waals surface area contributed by atoms with E-state index in [9.17, 15) is 14.4 Å². The van der Waals surface area contributed by atoms with Gasteiger partial charge in [-0.15, -0.1) is 11.3 Å². The zero-order valence-electron chi connectivity index (χ0n) is 14.6. The second-order valence-corrected chi connectivity index (χ2v) is 6.25. The Morgan fingerprint density at radius 2 is 1.96 bits per heavy atom. The van der Waals surface area contributed by atoms with Gasteiger partial charge in [0.15, 0.2) is 0 Å². The van der Waals surface area contributed by atoms with Gasteiger partial charge in [0.1, 0.15) is 9.88 Å². The number of thiophene rings is 1. The highest BCUT2D eigenvalue weighted by Crippen LogP contribution is 2.34. The monoisotopic (exact) mass is 365 g/mol. The molecule has 0 aromatic carbocycles. The Morgan fingerprint density at radius 1 is 1.28 bits per heavy atom. The van der Waals surface area contributed by atoms with Crippen LogP contribution in [0.25, 0.3) is 0 Å². The van der Waals surface area contributed by atoms with Gasteiger partial charge < -0.3 is 14.8 Å². The first-order valence-electron chi connectivity index (χ1n) is 7.50. The van der Waals surface area contributed by atoms with Crippen LogP contribution in [-0.2, 0) is 16.5 Å². The number of hydrogen-bond acceptors (Lipinski definition) is 7. The van der Waals surface area contributed by atoms with Gasteiger partial charge in [0.25, 0.3) is 5.91 Å². The molecule has 134 valence electrons. The lowest BCUT2D eigenvalue weighted by atomic mass is 10.1. The SMILES string of the molecule is CCOC(=O)c1sc(NC(=O)c2cn(C)nc2C)c(C(=O)OC)c1C. The van der Waals surface area contributed by atoms with Gasteiger partial charge >= 0.3 is 11.9 Å². The van der Waals surface area contributed by atoms with Crippen molar-refractivity contribution in [3.63, 3.8) is 0 Å². The van der Waals surface area contributed by atoms with E-state index in [1.807, 2.05) is 0 Å². The summed E-state index contributed by atoms with van der Waals surface area (Å²) in [7, 11) is 2.94. The molecule has 0 aliphatic rings. The molecule has 0 fully saturated rings. The molecule has 0 saturated heterocycles.